The first-order valence-corrected chi connectivity index (χ1v) is 6.89. The average molecular weight is 278 g/mol. The summed E-state index contributed by atoms with van der Waals surface area (Å²) in [5, 5.41) is 0. The highest BCUT2D eigenvalue weighted by Crippen LogP contribution is 2.31. The van der Waals surface area contributed by atoms with Gasteiger partial charge in [0.2, 0.25) is 0 Å². The molecule has 1 aliphatic carbocycles. The van der Waals surface area contributed by atoms with Crippen LogP contribution >= 0.6 is 12.4 Å². The molecule has 1 aromatic rings. The summed E-state index contributed by atoms with van der Waals surface area (Å²) in [6.45, 7) is 4.44. The van der Waals surface area contributed by atoms with Gasteiger partial charge in [-0.15, -0.1) is 12.4 Å². The molecule has 0 spiro atoms. The van der Waals surface area contributed by atoms with Crippen molar-refractivity contribution in [3.8, 4) is 0 Å². The zero-order valence-corrected chi connectivity index (χ0v) is 12.7. The fraction of sp³-hybridized carbons (Fsp3) is 0.412. The second kappa shape index (κ2) is 6.93. The Morgan fingerprint density at radius 1 is 1.26 bits per heavy atom. The van der Waals surface area contributed by atoms with E-state index in [1.54, 1.807) is 0 Å². The van der Waals surface area contributed by atoms with Crippen molar-refractivity contribution in [2.45, 2.75) is 45.1 Å². The molecule has 0 bridgehead atoms. The molecule has 0 saturated carbocycles. The summed E-state index contributed by atoms with van der Waals surface area (Å²) < 4.78 is 0. The minimum Gasteiger partial charge on any atom is -0.318 e. The second-order valence-corrected chi connectivity index (χ2v) is 5.23. The van der Waals surface area contributed by atoms with Crippen molar-refractivity contribution in [2.24, 2.45) is 5.73 Å². The number of hydrogen-bond acceptors (Lipinski definition) is 1. The first kappa shape index (κ1) is 16.0. The lowest BCUT2D eigenvalue weighted by Gasteiger charge is -2.29. The number of unbranched alkanes of at least 4 members (excludes halogenated alkanes) is 1. The molecule has 0 heterocycles. The van der Waals surface area contributed by atoms with Gasteiger partial charge in [-0.1, -0.05) is 55.8 Å². The van der Waals surface area contributed by atoms with Gasteiger partial charge in [-0.2, -0.15) is 0 Å². The number of hydrogen-bond donors (Lipinski definition) is 1. The quantitative estimate of drug-likeness (QED) is 0.866. The van der Waals surface area contributed by atoms with E-state index in [9.17, 15) is 0 Å². The van der Waals surface area contributed by atoms with Gasteiger partial charge in [0.1, 0.15) is 0 Å². The van der Waals surface area contributed by atoms with Crippen LogP contribution in [0, 0.1) is 6.92 Å². The fourth-order valence-corrected chi connectivity index (χ4v) is 2.66. The van der Waals surface area contributed by atoms with E-state index in [0.29, 0.717) is 0 Å². The van der Waals surface area contributed by atoms with Crippen molar-refractivity contribution in [1.29, 1.82) is 0 Å². The van der Waals surface area contributed by atoms with E-state index < -0.39 is 0 Å². The second-order valence-electron chi connectivity index (χ2n) is 5.23. The first-order valence-electron chi connectivity index (χ1n) is 6.89. The Morgan fingerprint density at radius 2 is 2.05 bits per heavy atom. The van der Waals surface area contributed by atoms with E-state index in [4.69, 9.17) is 5.73 Å². The van der Waals surface area contributed by atoms with Crippen LogP contribution in [-0.4, -0.2) is 0 Å². The van der Waals surface area contributed by atoms with E-state index in [1.807, 2.05) is 0 Å². The van der Waals surface area contributed by atoms with E-state index in [-0.39, 0.29) is 17.9 Å². The van der Waals surface area contributed by atoms with Crippen LogP contribution in [0.1, 0.15) is 42.9 Å². The maximum atomic E-state index is 6.54. The van der Waals surface area contributed by atoms with Gasteiger partial charge < -0.3 is 5.73 Å². The Bertz CT molecular complexity index is 476. The molecule has 1 aromatic carbocycles. The summed E-state index contributed by atoms with van der Waals surface area (Å²) in [6.07, 6.45) is 12.9. The van der Waals surface area contributed by atoms with Crippen molar-refractivity contribution >= 4 is 12.4 Å². The molecule has 0 saturated heterocycles. The molecule has 0 radical (unpaired) electrons. The van der Waals surface area contributed by atoms with Crippen LogP contribution in [-0.2, 0) is 12.0 Å². The van der Waals surface area contributed by atoms with Crippen molar-refractivity contribution in [2.75, 3.05) is 0 Å². The third-order valence-corrected chi connectivity index (χ3v) is 3.84. The zero-order valence-electron chi connectivity index (χ0n) is 11.9. The minimum absolute atomic E-state index is 0. The van der Waals surface area contributed by atoms with Crippen molar-refractivity contribution in [1.82, 2.24) is 0 Å². The summed E-state index contributed by atoms with van der Waals surface area (Å²) in [4.78, 5) is 0. The maximum Gasteiger partial charge on any atom is 0.0636 e. The van der Waals surface area contributed by atoms with Gasteiger partial charge in [0.15, 0.2) is 0 Å². The number of halogens is 1. The smallest absolute Gasteiger partial charge is 0.0636 e. The predicted octanol–water partition coefficient (Wildman–Crippen LogP) is 4.43. The Balaban J connectivity index is 0.00000180. The van der Waals surface area contributed by atoms with E-state index in [1.165, 1.54) is 29.5 Å². The number of nitrogens with two attached hydrogens (primary N) is 1. The molecular formula is C17H24ClN. The van der Waals surface area contributed by atoms with Gasteiger partial charge >= 0.3 is 0 Å². The molecule has 2 heteroatoms. The van der Waals surface area contributed by atoms with Gasteiger partial charge in [0.05, 0.1) is 5.54 Å². The fourth-order valence-electron chi connectivity index (χ4n) is 2.66. The summed E-state index contributed by atoms with van der Waals surface area (Å²) in [5.41, 5.74) is 10.3. The van der Waals surface area contributed by atoms with Gasteiger partial charge in [-0.3, -0.25) is 0 Å². The topological polar surface area (TPSA) is 26.0 Å². The molecule has 2 N–H and O–H groups in total. The number of allylic oxidation sites excluding steroid dienone is 2. The summed E-state index contributed by atoms with van der Waals surface area (Å²) in [7, 11) is 0. The Kier molecular flexibility index (Phi) is 5.84. The molecule has 2 rings (SSSR count). The Labute approximate surface area is 123 Å². The van der Waals surface area contributed by atoms with Crippen LogP contribution in [0.4, 0.5) is 0 Å². The van der Waals surface area contributed by atoms with Crippen LogP contribution in [0.5, 0.6) is 0 Å². The number of rotatable bonds is 4. The molecule has 104 valence electrons. The molecule has 1 unspecified atom stereocenters. The summed E-state index contributed by atoms with van der Waals surface area (Å²) >= 11 is 0. The zero-order chi connectivity index (χ0) is 13.0. The van der Waals surface area contributed by atoms with Gasteiger partial charge in [0.25, 0.3) is 0 Å². The van der Waals surface area contributed by atoms with Gasteiger partial charge in [0, 0.05) is 0 Å². The van der Waals surface area contributed by atoms with Crippen molar-refractivity contribution in [3.63, 3.8) is 0 Å². The molecule has 1 nitrogen and oxygen atoms in total. The predicted molar refractivity (Wildman–Crippen MR) is 85.8 cm³/mol. The lowest BCUT2D eigenvalue weighted by molar-refractivity contribution is 0.560. The largest absolute Gasteiger partial charge is 0.318 e. The molecule has 19 heavy (non-hydrogen) atoms. The van der Waals surface area contributed by atoms with Crippen LogP contribution in [0.25, 0.3) is 0 Å². The Morgan fingerprint density at radius 3 is 2.68 bits per heavy atom. The van der Waals surface area contributed by atoms with Crippen molar-refractivity contribution < 1.29 is 0 Å². The third kappa shape index (κ3) is 3.49. The van der Waals surface area contributed by atoms with Gasteiger partial charge in [-0.25, -0.2) is 0 Å². The molecule has 1 atom stereocenters. The highest BCUT2D eigenvalue weighted by molar-refractivity contribution is 5.85. The molecule has 0 aliphatic heterocycles. The summed E-state index contributed by atoms with van der Waals surface area (Å²) in [6, 6.07) is 6.56. The highest BCUT2D eigenvalue weighted by Gasteiger charge is 2.26. The maximum absolute atomic E-state index is 6.54. The highest BCUT2D eigenvalue weighted by atomic mass is 35.5. The molecule has 0 amide bonds. The average Bonchev–Trinajstić information content (AvgIpc) is 2.38. The van der Waals surface area contributed by atoms with Crippen LogP contribution in [0.15, 0.2) is 42.5 Å². The van der Waals surface area contributed by atoms with Crippen molar-refractivity contribution in [3.05, 3.63) is 59.2 Å². The number of benzene rings is 1. The van der Waals surface area contributed by atoms with E-state index in [2.05, 4.69) is 56.4 Å². The van der Waals surface area contributed by atoms with Crippen LogP contribution in [0.3, 0.4) is 0 Å². The minimum atomic E-state index is -0.318. The first-order chi connectivity index (χ1) is 8.67. The molecule has 0 fully saturated rings. The summed E-state index contributed by atoms with van der Waals surface area (Å²) in [5.74, 6) is 0. The van der Waals surface area contributed by atoms with Crippen LogP contribution in [0.2, 0.25) is 0 Å². The number of aryl methyl sites for hydroxylation is 1. The van der Waals surface area contributed by atoms with Gasteiger partial charge in [-0.05, 0) is 42.9 Å². The van der Waals surface area contributed by atoms with E-state index in [0.717, 1.165) is 12.8 Å². The normalized spacial score (nSPS) is 21.2. The lowest BCUT2D eigenvalue weighted by Crippen LogP contribution is -2.35. The third-order valence-electron chi connectivity index (χ3n) is 3.84. The molecule has 0 aromatic heterocycles. The van der Waals surface area contributed by atoms with Crippen LogP contribution < -0.4 is 5.73 Å². The SMILES string of the molecule is CCCCc1cccc(C2(N)C=CC=CC2)c1C.Cl. The lowest BCUT2D eigenvalue weighted by atomic mass is 9.81. The molecular weight excluding hydrogens is 254 g/mol. The molecule has 1 aliphatic rings. The van der Waals surface area contributed by atoms with E-state index >= 15 is 0 Å². The Hall–Kier alpha value is -1.05. The monoisotopic (exact) mass is 277 g/mol. The standard InChI is InChI=1S/C17H23N.ClH/c1-3-4-9-15-10-8-11-16(14(15)2)17(18)12-6-5-7-13-17;/h5-8,10-12H,3-4,9,13,18H2,1-2H3;1H.